The van der Waals surface area contributed by atoms with Crippen LogP contribution in [-0.2, 0) is 0 Å². The third kappa shape index (κ3) is 3.55. The van der Waals surface area contributed by atoms with Gasteiger partial charge in [-0.05, 0) is 56.6 Å². The monoisotopic (exact) mass is 351 g/mol. The minimum Gasteiger partial charge on any atom is -0.344 e. The number of pyridine rings is 2. The number of aromatic nitrogens is 3. The largest absolute Gasteiger partial charge is 0.344 e. The van der Waals surface area contributed by atoms with Crippen molar-refractivity contribution in [2.75, 3.05) is 25.5 Å². The molecule has 1 N–H and O–H groups in total. The molecule has 1 aliphatic rings. The van der Waals surface area contributed by atoms with Crippen LogP contribution in [0.5, 0.6) is 0 Å². The summed E-state index contributed by atoms with van der Waals surface area (Å²) < 4.78 is 4.17. The quantitative estimate of drug-likeness (QED) is 0.769. The van der Waals surface area contributed by atoms with Gasteiger partial charge < -0.3 is 10.2 Å². The average molecular weight is 351 g/mol. The van der Waals surface area contributed by atoms with Crippen LogP contribution in [0.15, 0.2) is 48.4 Å². The van der Waals surface area contributed by atoms with Gasteiger partial charge in [0.25, 0.3) is 0 Å². The van der Waals surface area contributed by atoms with Crippen molar-refractivity contribution in [1.82, 2.24) is 19.2 Å². The van der Waals surface area contributed by atoms with Gasteiger partial charge in [0.2, 0.25) is 0 Å². The van der Waals surface area contributed by atoms with E-state index in [-0.39, 0.29) is 0 Å². The Kier molecular flexibility index (Phi) is 4.46. The maximum Gasteiger partial charge on any atom is 0.130 e. The summed E-state index contributed by atoms with van der Waals surface area (Å²) in [6.45, 7) is 6.49. The molecule has 4 heterocycles. The van der Waals surface area contributed by atoms with E-state index in [2.05, 4.69) is 44.3 Å². The molecule has 0 aliphatic carbocycles. The Hall–Kier alpha value is -2.31. The summed E-state index contributed by atoms with van der Waals surface area (Å²) in [6, 6.07) is 4.18. The first-order valence-corrected chi connectivity index (χ1v) is 9.32. The first kappa shape index (κ1) is 16.2. The molecular weight excluding hydrogens is 330 g/mol. The van der Waals surface area contributed by atoms with Crippen molar-refractivity contribution in [1.29, 1.82) is 0 Å². The van der Waals surface area contributed by atoms with Crippen molar-refractivity contribution in [2.24, 2.45) is 5.92 Å². The Balaban J connectivity index is 1.54. The number of rotatable bonds is 4. The van der Waals surface area contributed by atoms with E-state index < -0.39 is 0 Å². The van der Waals surface area contributed by atoms with Crippen LogP contribution in [0.3, 0.4) is 0 Å². The van der Waals surface area contributed by atoms with Crippen molar-refractivity contribution < 1.29 is 0 Å². The van der Waals surface area contributed by atoms with Crippen molar-refractivity contribution in [3.63, 3.8) is 0 Å². The predicted octanol–water partition coefficient (Wildman–Crippen LogP) is 4.02. The number of piperidine rings is 1. The number of nitrogens with one attached hydrogen (secondary N) is 1. The molecule has 25 heavy (non-hydrogen) atoms. The Morgan fingerprint density at radius 1 is 1.16 bits per heavy atom. The third-order valence-corrected chi connectivity index (χ3v) is 5.42. The second-order valence-electron chi connectivity index (χ2n) is 6.63. The van der Waals surface area contributed by atoms with Gasteiger partial charge in [0, 0.05) is 45.9 Å². The van der Waals surface area contributed by atoms with Gasteiger partial charge in [-0.15, -0.1) is 0 Å². The highest BCUT2D eigenvalue weighted by atomic mass is 32.1. The van der Waals surface area contributed by atoms with E-state index in [1.807, 2.05) is 30.0 Å². The van der Waals surface area contributed by atoms with Crippen LogP contribution in [0.2, 0.25) is 0 Å². The number of likely N-dealkylation sites (tertiary alicyclic amines) is 1. The van der Waals surface area contributed by atoms with Crippen molar-refractivity contribution in [3.05, 3.63) is 48.4 Å². The lowest BCUT2D eigenvalue weighted by Gasteiger charge is -2.30. The molecule has 1 fully saturated rings. The number of nitrogens with zero attached hydrogens (tertiary/aromatic N) is 4. The summed E-state index contributed by atoms with van der Waals surface area (Å²) in [5.74, 6) is 1.34. The Morgan fingerprint density at radius 2 is 2.00 bits per heavy atom. The highest BCUT2D eigenvalue weighted by Gasteiger charge is 2.19. The zero-order chi connectivity index (χ0) is 17.2. The fourth-order valence-electron chi connectivity index (χ4n) is 3.23. The summed E-state index contributed by atoms with van der Waals surface area (Å²) >= 11 is 1.45. The summed E-state index contributed by atoms with van der Waals surface area (Å²) in [7, 11) is 2.17. The van der Waals surface area contributed by atoms with Crippen molar-refractivity contribution >= 4 is 28.3 Å². The molecule has 3 aromatic rings. The van der Waals surface area contributed by atoms with Gasteiger partial charge in [0.15, 0.2) is 0 Å². The smallest absolute Gasteiger partial charge is 0.130 e. The van der Waals surface area contributed by atoms with E-state index in [0.29, 0.717) is 5.92 Å². The Bertz CT molecular complexity index is 882. The van der Waals surface area contributed by atoms with Crippen LogP contribution in [0.1, 0.15) is 12.8 Å². The molecule has 5 nitrogen and oxygen atoms in total. The fraction of sp³-hybridized carbons (Fsp3) is 0.316. The summed E-state index contributed by atoms with van der Waals surface area (Å²) in [5, 5.41) is 6.51. The molecular formula is C19H21N5S. The average Bonchev–Trinajstić information content (AvgIpc) is 3.16. The Morgan fingerprint density at radius 3 is 2.76 bits per heavy atom. The van der Waals surface area contributed by atoms with E-state index >= 15 is 0 Å². The molecule has 0 unspecified atom stereocenters. The molecule has 0 atom stereocenters. The summed E-state index contributed by atoms with van der Waals surface area (Å²) in [4.78, 5) is 11.4. The highest BCUT2D eigenvalue weighted by molar-refractivity contribution is 7.03. The van der Waals surface area contributed by atoms with Crippen LogP contribution in [0.4, 0.5) is 5.82 Å². The molecule has 1 saturated heterocycles. The van der Waals surface area contributed by atoms with E-state index in [4.69, 9.17) is 0 Å². The molecule has 3 aromatic heterocycles. The van der Waals surface area contributed by atoms with Crippen LogP contribution in [0, 0.1) is 5.92 Å². The molecule has 0 spiro atoms. The van der Waals surface area contributed by atoms with Crippen LogP contribution in [-0.4, -0.2) is 39.4 Å². The number of allylic oxidation sites excluding steroid dienone is 1. The zero-order valence-corrected chi connectivity index (χ0v) is 15.1. The maximum absolute atomic E-state index is 4.51. The minimum absolute atomic E-state index is 0.509. The highest BCUT2D eigenvalue weighted by Crippen LogP contribution is 2.27. The van der Waals surface area contributed by atoms with Crippen molar-refractivity contribution in [3.8, 4) is 11.1 Å². The molecule has 4 rings (SSSR count). The zero-order valence-electron chi connectivity index (χ0n) is 14.3. The lowest BCUT2D eigenvalue weighted by Crippen LogP contribution is -2.31. The second kappa shape index (κ2) is 6.90. The normalized spacial score (nSPS) is 16.2. The van der Waals surface area contributed by atoms with Gasteiger partial charge in [0.1, 0.15) is 5.82 Å². The second-order valence-corrected chi connectivity index (χ2v) is 7.28. The first-order chi connectivity index (χ1) is 12.2. The van der Waals surface area contributed by atoms with Gasteiger partial charge in [-0.3, -0.25) is 4.98 Å². The fourth-order valence-corrected chi connectivity index (χ4v) is 3.77. The lowest BCUT2D eigenvalue weighted by atomic mass is 9.94. The molecule has 6 heteroatoms. The molecule has 0 bridgehead atoms. The van der Waals surface area contributed by atoms with Gasteiger partial charge in [-0.1, -0.05) is 6.58 Å². The van der Waals surface area contributed by atoms with Crippen molar-refractivity contribution in [2.45, 2.75) is 12.8 Å². The van der Waals surface area contributed by atoms with Gasteiger partial charge in [0.05, 0.1) is 11.7 Å². The summed E-state index contributed by atoms with van der Waals surface area (Å²) in [5.41, 5.74) is 4.13. The molecule has 0 saturated carbocycles. The van der Waals surface area contributed by atoms with E-state index in [1.54, 1.807) is 0 Å². The molecule has 0 amide bonds. The number of fused-ring (bicyclic) bond motifs is 1. The predicted molar refractivity (Wildman–Crippen MR) is 104 cm³/mol. The number of hydrogen-bond donors (Lipinski definition) is 1. The summed E-state index contributed by atoms with van der Waals surface area (Å²) in [6.07, 6.45) is 7.85. The standard InChI is InChI=1S/C19H21N5S/c1-13(14-3-5-24(2)6-4-14)23-19-8-15-7-16(17-10-22-25-12-17)9-20-18(15)11-21-19/h7-12,14H,1,3-6H2,2H3,(H,21,23). The van der Waals surface area contributed by atoms with Crippen LogP contribution in [0.25, 0.3) is 22.0 Å². The molecule has 0 radical (unpaired) electrons. The third-order valence-electron chi connectivity index (χ3n) is 4.83. The molecule has 128 valence electrons. The van der Waals surface area contributed by atoms with Gasteiger partial charge >= 0.3 is 0 Å². The number of anilines is 1. The van der Waals surface area contributed by atoms with E-state index in [1.165, 1.54) is 11.5 Å². The van der Waals surface area contributed by atoms with E-state index in [9.17, 15) is 0 Å². The van der Waals surface area contributed by atoms with Crippen LogP contribution >= 0.6 is 11.5 Å². The SMILES string of the molecule is C=C(Nc1cc2cc(-c3cnsc3)cnc2cn1)C1CCN(C)CC1. The Labute approximate surface area is 151 Å². The van der Waals surface area contributed by atoms with Crippen LogP contribution < -0.4 is 5.32 Å². The minimum atomic E-state index is 0.509. The maximum atomic E-state index is 4.51. The first-order valence-electron chi connectivity index (χ1n) is 8.49. The molecule has 1 aliphatic heterocycles. The van der Waals surface area contributed by atoms with E-state index in [0.717, 1.165) is 59.5 Å². The van der Waals surface area contributed by atoms with Gasteiger partial charge in [-0.25, -0.2) is 9.36 Å². The molecule has 0 aromatic carbocycles. The topological polar surface area (TPSA) is 53.9 Å². The number of hydrogen-bond acceptors (Lipinski definition) is 6. The van der Waals surface area contributed by atoms with Gasteiger partial charge in [-0.2, -0.15) is 0 Å². The lowest BCUT2D eigenvalue weighted by molar-refractivity contribution is 0.239.